The Morgan fingerprint density at radius 2 is 2.08 bits per heavy atom. The predicted molar refractivity (Wildman–Crippen MR) is 101 cm³/mol. The minimum atomic E-state index is -0.453. The summed E-state index contributed by atoms with van der Waals surface area (Å²) in [7, 11) is 1.50. The van der Waals surface area contributed by atoms with Gasteiger partial charge < -0.3 is 19.5 Å². The van der Waals surface area contributed by atoms with Gasteiger partial charge in [0.1, 0.15) is 5.70 Å². The molecular weight excluding hydrogens is 356 g/mol. The highest BCUT2D eigenvalue weighted by atomic mass is 32.1. The monoisotopic (exact) mass is 378 g/mol. The summed E-state index contributed by atoms with van der Waals surface area (Å²) in [6, 6.07) is 5.15. The summed E-state index contributed by atoms with van der Waals surface area (Å²) in [5.41, 5.74) is 1.15. The highest BCUT2D eigenvalue weighted by molar-refractivity contribution is 7.80. The Morgan fingerprint density at radius 1 is 1.31 bits per heavy atom. The molecule has 0 atom stereocenters. The molecule has 0 saturated carbocycles. The van der Waals surface area contributed by atoms with Crippen LogP contribution in [0.25, 0.3) is 6.08 Å². The normalized spacial score (nSPS) is 15.2. The SMILES string of the molecule is CCCN1C(=O)/C(=C/c2ccc(OCC(=O)OCC)c(OC)c2)NC1=S. The smallest absolute Gasteiger partial charge is 0.344 e. The van der Waals surface area contributed by atoms with Crippen LogP contribution in [0.3, 0.4) is 0 Å². The first-order chi connectivity index (χ1) is 12.5. The van der Waals surface area contributed by atoms with Gasteiger partial charge in [0.15, 0.2) is 23.2 Å². The Morgan fingerprint density at radius 3 is 2.73 bits per heavy atom. The second kappa shape index (κ2) is 9.19. The molecule has 1 heterocycles. The highest BCUT2D eigenvalue weighted by Gasteiger charge is 2.29. The molecule has 1 amide bonds. The van der Waals surface area contributed by atoms with Crippen LogP contribution < -0.4 is 14.8 Å². The van der Waals surface area contributed by atoms with Crippen molar-refractivity contribution in [2.24, 2.45) is 0 Å². The standard InChI is InChI=1S/C18H22N2O5S/c1-4-8-20-17(22)13(19-18(20)26)9-12-6-7-14(15(10-12)23-3)25-11-16(21)24-5-2/h6-7,9-10H,4-5,8,11H2,1-3H3,(H,19,26)/b13-9-. The molecule has 0 spiro atoms. The zero-order chi connectivity index (χ0) is 19.1. The largest absolute Gasteiger partial charge is 0.493 e. The molecular formula is C18H22N2O5S. The summed E-state index contributed by atoms with van der Waals surface area (Å²) >= 11 is 5.19. The van der Waals surface area contributed by atoms with Crippen molar-refractivity contribution >= 4 is 35.3 Å². The number of ether oxygens (including phenoxy) is 3. The van der Waals surface area contributed by atoms with E-state index in [0.717, 1.165) is 12.0 Å². The third kappa shape index (κ3) is 4.72. The molecule has 1 aliphatic heterocycles. The van der Waals surface area contributed by atoms with Gasteiger partial charge in [-0.2, -0.15) is 0 Å². The van der Waals surface area contributed by atoms with Gasteiger partial charge in [-0.05, 0) is 49.3 Å². The van der Waals surface area contributed by atoms with Crippen LogP contribution in [0.4, 0.5) is 0 Å². The molecule has 0 aromatic heterocycles. The lowest BCUT2D eigenvalue weighted by Crippen LogP contribution is -2.31. The lowest BCUT2D eigenvalue weighted by Gasteiger charge is -2.11. The average Bonchev–Trinajstić information content (AvgIpc) is 2.88. The van der Waals surface area contributed by atoms with Crippen LogP contribution in [-0.4, -0.2) is 48.8 Å². The number of hydrogen-bond acceptors (Lipinski definition) is 6. The van der Waals surface area contributed by atoms with Crippen LogP contribution in [0.5, 0.6) is 11.5 Å². The van der Waals surface area contributed by atoms with Crippen molar-refractivity contribution in [1.82, 2.24) is 10.2 Å². The number of thiocarbonyl (C=S) groups is 1. The molecule has 0 radical (unpaired) electrons. The fourth-order valence-electron chi connectivity index (χ4n) is 2.40. The average molecular weight is 378 g/mol. The maximum absolute atomic E-state index is 12.4. The van der Waals surface area contributed by atoms with Crippen LogP contribution in [0, 0.1) is 0 Å². The predicted octanol–water partition coefficient (Wildman–Crippen LogP) is 2.10. The van der Waals surface area contributed by atoms with E-state index < -0.39 is 5.97 Å². The Bertz CT molecular complexity index is 732. The van der Waals surface area contributed by atoms with E-state index in [4.69, 9.17) is 26.4 Å². The quantitative estimate of drug-likeness (QED) is 0.422. The Hall–Kier alpha value is -2.61. The van der Waals surface area contributed by atoms with Crippen molar-refractivity contribution in [3.8, 4) is 11.5 Å². The molecule has 2 rings (SSSR count). The summed E-state index contributed by atoms with van der Waals surface area (Å²) in [5, 5.41) is 3.34. The van der Waals surface area contributed by atoms with Crippen LogP contribution in [0.2, 0.25) is 0 Å². The van der Waals surface area contributed by atoms with E-state index in [2.05, 4.69) is 5.32 Å². The lowest BCUT2D eigenvalue weighted by atomic mass is 10.1. The number of nitrogens with one attached hydrogen (secondary N) is 1. The van der Waals surface area contributed by atoms with Crippen molar-refractivity contribution in [1.29, 1.82) is 0 Å². The topological polar surface area (TPSA) is 77.1 Å². The van der Waals surface area contributed by atoms with Crippen molar-refractivity contribution < 1.29 is 23.8 Å². The van der Waals surface area contributed by atoms with Crippen LogP contribution >= 0.6 is 12.2 Å². The van der Waals surface area contributed by atoms with E-state index in [1.54, 1.807) is 31.2 Å². The molecule has 1 N–H and O–H groups in total. The Kier molecular flexibility index (Phi) is 6.97. The van der Waals surface area contributed by atoms with Crippen LogP contribution in [0.15, 0.2) is 23.9 Å². The summed E-state index contributed by atoms with van der Waals surface area (Å²) in [6.07, 6.45) is 2.52. The van der Waals surface area contributed by atoms with E-state index in [1.807, 2.05) is 6.92 Å². The number of carbonyl (C=O) groups is 2. The zero-order valence-corrected chi connectivity index (χ0v) is 15.9. The molecule has 1 aromatic rings. The number of rotatable bonds is 8. The summed E-state index contributed by atoms with van der Waals surface area (Å²) in [4.78, 5) is 25.3. The summed E-state index contributed by atoms with van der Waals surface area (Å²) in [5.74, 6) is 0.253. The molecule has 0 aliphatic carbocycles. The third-order valence-electron chi connectivity index (χ3n) is 3.56. The molecule has 0 bridgehead atoms. The second-order valence-electron chi connectivity index (χ2n) is 5.45. The number of benzene rings is 1. The molecule has 140 valence electrons. The first-order valence-corrected chi connectivity index (χ1v) is 8.72. The van der Waals surface area contributed by atoms with E-state index in [1.165, 1.54) is 12.0 Å². The van der Waals surface area contributed by atoms with Crippen molar-refractivity contribution in [3.05, 3.63) is 29.5 Å². The van der Waals surface area contributed by atoms with Gasteiger partial charge >= 0.3 is 5.97 Å². The molecule has 1 aliphatic rings. The van der Waals surface area contributed by atoms with Crippen molar-refractivity contribution in [3.63, 3.8) is 0 Å². The number of methoxy groups -OCH3 is 1. The van der Waals surface area contributed by atoms with E-state index >= 15 is 0 Å². The number of nitrogens with zero attached hydrogens (tertiary/aromatic N) is 1. The highest BCUT2D eigenvalue weighted by Crippen LogP contribution is 2.29. The van der Waals surface area contributed by atoms with Crippen LogP contribution in [0.1, 0.15) is 25.8 Å². The van der Waals surface area contributed by atoms with Gasteiger partial charge in [0, 0.05) is 6.54 Å². The molecule has 8 heteroatoms. The first-order valence-electron chi connectivity index (χ1n) is 8.31. The maximum atomic E-state index is 12.4. The lowest BCUT2D eigenvalue weighted by molar-refractivity contribution is -0.145. The first kappa shape index (κ1) is 19.7. The summed E-state index contributed by atoms with van der Waals surface area (Å²) < 4.78 is 15.5. The third-order valence-corrected chi connectivity index (χ3v) is 3.88. The Labute approximate surface area is 157 Å². The van der Waals surface area contributed by atoms with Gasteiger partial charge in [-0.3, -0.25) is 9.69 Å². The fourth-order valence-corrected chi connectivity index (χ4v) is 2.68. The molecule has 1 saturated heterocycles. The van der Waals surface area contributed by atoms with Crippen molar-refractivity contribution in [2.75, 3.05) is 26.9 Å². The minimum Gasteiger partial charge on any atom is -0.493 e. The summed E-state index contributed by atoms with van der Waals surface area (Å²) in [6.45, 7) is 4.38. The molecule has 1 fully saturated rings. The van der Waals surface area contributed by atoms with Gasteiger partial charge in [-0.15, -0.1) is 0 Å². The molecule has 0 unspecified atom stereocenters. The van der Waals surface area contributed by atoms with Gasteiger partial charge in [-0.1, -0.05) is 13.0 Å². The molecule has 7 nitrogen and oxygen atoms in total. The Balaban J connectivity index is 2.15. The second-order valence-corrected chi connectivity index (χ2v) is 5.84. The number of esters is 1. The number of amides is 1. The zero-order valence-electron chi connectivity index (χ0n) is 15.0. The maximum Gasteiger partial charge on any atom is 0.344 e. The van der Waals surface area contributed by atoms with E-state index in [-0.39, 0.29) is 12.5 Å². The van der Waals surface area contributed by atoms with Crippen molar-refractivity contribution in [2.45, 2.75) is 20.3 Å². The minimum absolute atomic E-state index is 0.154. The van der Waals surface area contributed by atoms with Gasteiger partial charge in [-0.25, -0.2) is 4.79 Å². The van der Waals surface area contributed by atoms with E-state index in [9.17, 15) is 9.59 Å². The van der Waals surface area contributed by atoms with Gasteiger partial charge in [0.05, 0.1) is 13.7 Å². The number of carbonyl (C=O) groups excluding carboxylic acids is 2. The van der Waals surface area contributed by atoms with Gasteiger partial charge in [0.2, 0.25) is 0 Å². The molecule has 26 heavy (non-hydrogen) atoms. The van der Waals surface area contributed by atoms with E-state index in [0.29, 0.717) is 35.5 Å². The number of hydrogen-bond donors (Lipinski definition) is 1. The fraction of sp³-hybridized carbons (Fsp3) is 0.389. The van der Waals surface area contributed by atoms with Crippen LogP contribution in [-0.2, 0) is 14.3 Å². The molecule has 1 aromatic carbocycles. The van der Waals surface area contributed by atoms with Gasteiger partial charge in [0.25, 0.3) is 5.91 Å².